The van der Waals surface area contributed by atoms with Crippen LogP contribution in [-0.2, 0) is 0 Å². The molecule has 1 rings (SSSR count). The molecule has 54 valence electrons. The second-order valence-corrected chi connectivity index (χ2v) is 2.31. The van der Waals surface area contributed by atoms with Crippen LogP contribution in [0.1, 0.15) is 5.56 Å². The summed E-state index contributed by atoms with van der Waals surface area (Å²) in [6.07, 6.45) is 1.65. The second-order valence-electron chi connectivity index (χ2n) is 1.93. The Morgan fingerprint density at radius 3 is 2.90 bits per heavy atom. The maximum Gasteiger partial charge on any atom is 0.159 e. The van der Waals surface area contributed by atoms with Gasteiger partial charge in [0, 0.05) is 6.20 Å². The van der Waals surface area contributed by atoms with E-state index in [0.717, 1.165) is 5.56 Å². The van der Waals surface area contributed by atoms with Gasteiger partial charge in [-0.05, 0) is 18.6 Å². The quantitative estimate of drug-likeness (QED) is 0.478. The van der Waals surface area contributed by atoms with Crippen LogP contribution in [0.2, 0.25) is 5.02 Å². The number of hydrogen-bond acceptors (Lipinski definition) is 3. The fraction of sp³-hybridized carbons (Fsp3) is 0.167. The van der Waals surface area contributed by atoms with Crippen LogP contribution in [-0.4, -0.2) is 4.98 Å². The van der Waals surface area contributed by atoms with Crippen LogP contribution in [0, 0.1) is 6.92 Å². The van der Waals surface area contributed by atoms with Gasteiger partial charge >= 0.3 is 0 Å². The molecule has 0 aliphatic heterocycles. The number of nitrogens with one attached hydrogen (secondary N) is 1. The van der Waals surface area contributed by atoms with Crippen LogP contribution in [0.25, 0.3) is 0 Å². The first-order valence-electron chi connectivity index (χ1n) is 2.83. The molecule has 0 aliphatic rings. The van der Waals surface area contributed by atoms with Crippen LogP contribution in [0.4, 0.5) is 5.82 Å². The van der Waals surface area contributed by atoms with Gasteiger partial charge < -0.3 is 5.43 Å². The Morgan fingerprint density at radius 1 is 1.70 bits per heavy atom. The maximum atomic E-state index is 5.79. The monoisotopic (exact) mass is 157 g/mol. The Kier molecular flexibility index (Phi) is 2.09. The fourth-order valence-electron chi connectivity index (χ4n) is 0.641. The average molecular weight is 158 g/mol. The highest BCUT2D eigenvalue weighted by Crippen LogP contribution is 2.20. The molecule has 0 amide bonds. The van der Waals surface area contributed by atoms with Crippen LogP contribution < -0.4 is 11.3 Å². The summed E-state index contributed by atoms with van der Waals surface area (Å²) in [5, 5.41) is 0.574. The molecular weight excluding hydrogens is 150 g/mol. The molecule has 1 heterocycles. The van der Waals surface area contributed by atoms with E-state index in [-0.39, 0.29) is 0 Å². The van der Waals surface area contributed by atoms with Crippen molar-refractivity contribution < 1.29 is 0 Å². The summed E-state index contributed by atoms with van der Waals surface area (Å²) in [5.41, 5.74) is 3.36. The van der Waals surface area contributed by atoms with Gasteiger partial charge in [0.05, 0.1) is 5.02 Å². The van der Waals surface area contributed by atoms with E-state index in [1.807, 2.05) is 13.0 Å². The summed E-state index contributed by atoms with van der Waals surface area (Å²) in [4.78, 5) is 3.89. The van der Waals surface area contributed by atoms with Gasteiger partial charge in [-0.3, -0.25) is 0 Å². The van der Waals surface area contributed by atoms with E-state index in [2.05, 4.69) is 10.4 Å². The lowest BCUT2D eigenvalue weighted by Gasteiger charge is -2.02. The van der Waals surface area contributed by atoms with Crippen molar-refractivity contribution >= 4 is 17.4 Å². The summed E-state index contributed by atoms with van der Waals surface area (Å²) in [6.45, 7) is 1.89. The molecule has 0 bridgehead atoms. The van der Waals surface area contributed by atoms with Crippen LogP contribution in [0.15, 0.2) is 12.3 Å². The lowest BCUT2D eigenvalue weighted by Crippen LogP contribution is -2.09. The van der Waals surface area contributed by atoms with Gasteiger partial charge in [-0.15, -0.1) is 0 Å². The number of aromatic nitrogens is 1. The molecular formula is C6H8ClN3. The lowest BCUT2D eigenvalue weighted by molar-refractivity contribution is 1.21. The van der Waals surface area contributed by atoms with Gasteiger partial charge in [0.15, 0.2) is 5.82 Å². The van der Waals surface area contributed by atoms with E-state index in [1.165, 1.54) is 0 Å². The maximum absolute atomic E-state index is 5.79. The topological polar surface area (TPSA) is 50.9 Å². The van der Waals surface area contributed by atoms with Gasteiger partial charge in [0.1, 0.15) is 0 Å². The average Bonchev–Trinajstić information content (AvgIpc) is 1.95. The molecule has 0 fully saturated rings. The number of nitrogen functional groups attached to an aromatic ring is 1. The molecule has 1 aromatic heterocycles. The second kappa shape index (κ2) is 2.86. The highest BCUT2D eigenvalue weighted by Gasteiger charge is 2.00. The normalized spacial score (nSPS) is 9.50. The van der Waals surface area contributed by atoms with E-state index in [9.17, 15) is 0 Å². The predicted molar refractivity (Wildman–Crippen MR) is 41.8 cm³/mol. The first-order valence-corrected chi connectivity index (χ1v) is 3.21. The number of nitrogens with zero attached hydrogens (tertiary/aromatic N) is 1. The molecule has 3 nitrogen and oxygen atoms in total. The smallest absolute Gasteiger partial charge is 0.159 e. The number of aryl methyl sites for hydroxylation is 1. The largest absolute Gasteiger partial charge is 0.307 e. The zero-order valence-electron chi connectivity index (χ0n) is 5.56. The third-order valence-corrected chi connectivity index (χ3v) is 1.70. The molecule has 0 atom stereocenters. The molecule has 10 heavy (non-hydrogen) atoms. The standard InChI is InChI=1S/C6H8ClN3/c1-4-2-3-9-6(10-8)5(4)7/h2-3H,8H2,1H3,(H,9,10). The molecule has 0 radical (unpaired) electrons. The number of nitrogens with two attached hydrogens (primary N) is 1. The minimum absolute atomic E-state index is 0.515. The third-order valence-electron chi connectivity index (χ3n) is 1.22. The molecule has 0 saturated carbocycles. The van der Waals surface area contributed by atoms with Crippen molar-refractivity contribution in [2.24, 2.45) is 5.84 Å². The molecule has 0 saturated heterocycles. The van der Waals surface area contributed by atoms with E-state index in [1.54, 1.807) is 6.20 Å². The number of anilines is 1. The lowest BCUT2D eigenvalue weighted by atomic mass is 10.3. The van der Waals surface area contributed by atoms with Crippen LogP contribution in [0.5, 0.6) is 0 Å². The minimum atomic E-state index is 0.515. The Bertz CT molecular complexity index is 236. The number of hydrogen-bond donors (Lipinski definition) is 2. The van der Waals surface area contributed by atoms with E-state index in [4.69, 9.17) is 17.4 Å². The zero-order chi connectivity index (χ0) is 7.56. The first-order chi connectivity index (χ1) is 4.75. The molecule has 4 heteroatoms. The van der Waals surface area contributed by atoms with E-state index < -0.39 is 0 Å². The highest BCUT2D eigenvalue weighted by atomic mass is 35.5. The van der Waals surface area contributed by atoms with Crippen molar-refractivity contribution in [2.75, 3.05) is 5.43 Å². The van der Waals surface area contributed by atoms with E-state index in [0.29, 0.717) is 10.8 Å². The zero-order valence-corrected chi connectivity index (χ0v) is 6.31. The first kappa shape index (κ1) is 7.31. The molecule has 3 N–H and O–H groups in total. The number of halogens is 1. The van der Waals surface area contributed by atoms with Gasteiger partial charge in [-0.25, -0.2) is 10.8 Å². The van der Waals surface area contributed by atoms with Gasteiger partial charge in [0.25, 0.3) is 0 Å². The summed E-state index contributed by atoms with van der Waals surface area (Å²) in [5.74, 6) is 5.64. The third kappa shape index (κ3) is 1.20. The fourth-order valence-corrected chi connectivity index (χ4v) is 0.807. The van der Waals surface area contributed by atoms with Crippen molar-refractivity contribution in [1.29, 1.82) is 0 Å². The van der Waals surface area contributed by atoms with E-state index >= 15 is 0 Å². The predicted octanol–water partition coefficient (Wildman–Crippen LogP) is 1.33. The number of pyridine rings is 1. The molecule has 0 aromatic carbocycles. The van der Waals surface area contributed by atoms with Gasteiger partial charge in [-0.1, -0.05) is 11.6 Å². The Balaban J connectivity index is 3.14. The minimum Gasteiger partial charge on any atom is -0.307 e. The SMILES string of the molecule is Cc1ccnc(NN)c1Cl. The van der Waals surface area contributed by atoms with Crippen LogP contribution >= 0.6 is 11.6 Å². The summed E-state index contributed by atoms with van der Waals surface area (Å²) >= 11 is 5.79. The number of hydrazine groups is 1. The Labute approximate surface area is 64.2 Å². The van der Waals surface area contributed by atoms with Crippen molar-refractivity contribution in [3.8, 4) is 0 Å². The Hall–Kier alpha value is -0.800. The van der Waals surface area contributed by atoms with Crippen molar-refractivity contribution in [3.05, 3.63) is 22.8 Å². The molecule has 0 spiro atoms. The number of rotatable bonds is 1. The Morgan fingerprint density at radius 2 is 2.40 bits per heavy atom. The summed E-state index contributed by atoms with van der Waals surface area (Å²) < 4.78 is 0. The summed E-state index contributed by atoms with van der Waals surface area (Å²) in [7, 11) is 0. The molecule has 1 aromatic rings. The van der Waals surface area contributed by atoms with Crippen molar-refractivity contribution in [2.45, 2.75) is 6.92 Å². The van der Waals surface area contributed by atoms with Gasteiger partial charge in [0.2, 0.25) is 0 Å². The van der Waals surface area contributed by atoms with Crippen molar-refractivity contribution in [3.63, 3.8) is 0 Å². The van der Waals surface area contributed by atoms with Crippen LogP contribution in [0.3, 0.4) is 0 Å². The molecule has 0 aliphatic carbocycles. The highest BCUT2D eigenvalue weighted by molar-refractivity contribution is 6.33. The molecule has 0 unspecified atom stereocenters. The summed E-state index contributed by atoms with van der Waals surface area (Å²) in [6, 6.07) is 1.82. The van der Waals surface area contributed by atoms with Crippen molar-refractivity contribution in [1.82, 2.24) is 4.98 Å². The van der Waals surface area contributed by atoms with Gasteiger partial charge in [-0.2, -0.15) is 0 Å².